The third kappa shape index (κ3) is 3.71. The fraction of sp³-hybridized carbons (Fsp3) is 0.227. The zero-order chi connectivity index (χ0) is 18.8. The summed E-state index contributed by atoms with van der Waals surface area (Å²) in [4.78, 5) is 9.09. The van der Waals surface area contributed by atoms with Crippen molar-refractivity contribution >= 4 is 22.5 Å². The van der Waals surface area contributed by atoms with E-state index in [4.69, 9.17) is 11.6 Å². The molecular formula is C22H21ClN4. The van der Waals surface area contributed by atoms with Gasteiger partial charge in [0.2, 0.25) is 0 Å². The highest BCUT2D eigenvalue weighted by molar-refractivity contribution is 6.34. The molecule has 0 saturated carbocycles. The Hall–Kier alpha value is -2.72. The molecule has 27 heavy (non-hydrogen) atoms. The largest absolute Gasteiger partial charge is 0.272 e. The summed E-state index contributed by atoms with van der Waals surface area (Å²) in [5, 5.41) is 6.28. The Morgan fingerprint density at radius 1 is 1.04 bits per heavy atom. The smallest absolute Gasteiger partial charge is 0.0797 e. The number of aromatic nitrogens is 4. The number of hydrogen-bond donors (Lipinski definition) is 0. The van der Waals surface area contributed by atoms with Crippen LogP contribution in [0.3, 0.4) is 0 Å². The average molecular weight is 377 g/mol. The molecule has 4 rings (SSSR count). The minimum atomic E-state index is 0.639. The minimum absolute atomic E-state index is 0.639. The topological polar surface area (TPSA) is 43.6 Å². The first kappa shape index (κ1) is 17.7. The maximum Gasteiger partial charge on any atom is 0.0797 e. The van der Waals surface area contributed by atoms with Gasteiger partial charge in [0.15, 0.2) is 0 Å². The lowest BCUT2D eigenvalue weighted by molar-refractivity contribution is 0.487. The molecule has 0 unspecified atom stereocenters. The highest BCUT2D eigenvalue weighted by atomic mass is 35.5. The SMILES string of the molecule is CC(C)CCn1cc(-c2c(Cl)ccnc2-c2ccc3cccnc3c2)cn1. The van der Waals surface area contributed by atoms with Crippen LogP contribution in [-0.2, 0) is 6.54 Å². The second kappa shape index (κ2) is 7.49. The summed E-state index contributed by atoms with van der Waals surface area (Å²) in [5.41, 5.74) is 4.67. The molecule has 0 radical (unpaired) electrons. The standard InChI is InChI=1S/C22H21ClN4/c1-15(2)8-11-27-14-18(13-26-27)21-19(23)7-10-25-22(21)17-6-5-16-4-3-9-24-20(16)12-17/h3-7,9-10,12-15H,8,11H2,1-2H3. The molecule has 4 nitrogen and oxygen atoms in total. The van der Waals surface area contributed by atoms with Gasteiger partial charge in [-0.25, -0.2) is 0 Å². The van der Waals surface area contributed by atoms with Crippen molar-refractivity contribution < 1.29 is 0 Å². The number of aryl methyl sites for hydroxylation is 1. The predicted octanol–water partition coefficient (Wildman–Crippen LogP) is 5.86. The molecule has 0 bridgehead atoms. The van der Waals surface area contributed by atoms with Crippen LogP contribution >= 0.6 is 11.6 Å². The molecule has 5 heteroatoms. The third-order valence-electron chi connectivity index (χ3n) is 4.64. The van der Waals surface area contributed by atoms with Gasteiger partial charge in [-0.1, -0.05) is 43.6 Å². The molecule has 0 atom stereocenters. The van der Waals surface area contributed by atoms with Crippen LogP contribution in [0, 0.1) is 5.92 Å². The number of benzene rings is 1. The number of fused-ring (bicyclic) bond motifs is 1. The molecular weight excluding hydrogens is 356 g/mol. The lowest BCUT2D eigenvalue weighted by atomic mass is 10.0. The van der Waals surface area contributed by atoms with Crippen LogP contribution in [0.1, 0.15) is 20.3 Å². The summed E-state index contributed by atoms with van der Waals surface area (Å²) >= 11 is 6.58. The molecule has 0 amide bonds. The minimum Gasteiger partial charge on any atom is -0.272 e. The molecule has 0 fully saturated rings. The highest BCUT2D eigenvalue weighted by Gasteiger charge is 2.15. The predicted molar refractivity (Wildman–Crippen MR) is 111 cm³/mol. The van der Waals surface area contributed by atoms with Crippen molar-refractivity contribution in [2.45, 2.75) is 26.8 Å². The van der Waals surface area contributed by atoms with E-state index in [2.05, 4.69) is 53.2 Å². The first-order valence-corrected chi connectivity index (χ1v) is 9.52. The van der Waals surface area contributed by atoms with Crippen LogP contribution < -0.4 is 0 Å². The third-order valence-corrected chi connectivity index (χ3v) is 4.95. The van der Waals surface area contributed by atoms with Crippen molar-refractivity contribution in [1.29, 1.82) is 0 Å². The molecule has 3 heterocycles. The lowest BCUT2D eigenvalue weighted by Gasteiger charge is -2.10. The second-order valence-corrected chi connectivity index (χ2v) is 7.51. The number of halogens is 1. The summed E-state index contributed by atoms with van der Waals surface area (Å²) in [6.45, 7) is 5.33. The summed E-state index contributed by atoms with van der Waals surface area (Å²) < 4.78 is 1.98. The molecule has 136 valence electrons. The van der Waals surface area contributed by atoms with Crippen molar-refractivity contribution in [3.8, 4) is 22.4 Å². The number of pyridine rings is 2. The Morgan fingerprint density at radius 2 is 1.93 bits per heavy atom. The van der Waals surface area contributed by atoms with E-state index in [1.165, 1.54) is 0 Å². The van der Waals surface area contributed by atoms with Gasteiger partial charge in [0.25, 0.3) is 0 Å². The van der Waals surface area contributed by atoms with Crippen molar-refractivity contribution in [3.63, 3.8) is 0 Å². The van der Waals surface area contributed by atoms with Gasteiger partial charge >= 0.3 is 0 Å². The van der Waals surface area contributed by atoms with Gasteiger partial charge in [0.1, 0.15) is 0 Å². The maximum atomic E-state index is 6.58. The average Bonchev–Trinajstić information content (AvgIpc) is 3.14. The Balaban J connectivity index is 1.78. The first-order chi connectivity index (χ1) is 13.1. The van der Waals surface area contributed by atoms with Crippen LogP contribution in [0.4, 0.5) is 0 Å². The van der Waals surface area contributed by atoms with Crippen LogP contribution in [0.25, 0.3) is 33.3 Å². The van der Waals surface area contributed by atoms with E-state index < -0.39 is 0 Å². The van der Waals surface area contributed by atoms with E-state index in [1.54, 1.807) is 12.4 Å². The van der Waals surface area contributed by atoms with Crippen molar-refractivity contribution in [2.75, 3.05) is 0 Å². The highest BCUT2D eigenvalue weighted by Crippen LogP contribution is 2.36. The van der Waals surface area contributed by atoms with E-state index in [0.717, 1.165) is 46.3 Å². The molecule has 0 spiro atoms. The van der Waals surface area contributed by atoms with Gasteiger partial charge in [-0.3, -0.25) is 14.6 Å². The maximum absolute atomic E-state index is 6.58. The van der Waals surface area contributed by atoms with Gasteiger partial charge in [0.05, 0.1) is 22.4 Å². The fourth-order valence-electron chi connectivity index (χ4n) is 3.15. The Kier molecular flexibility index (Phi) is 4.90. The summed E-state index contributed by atoms with van der Waals surface area (Å²) in [5.74, 6) is 0.639. The second-order valence-electron chi connectivity index (χ2n) is 7.10. The Morgan fingerprint density at radius 3 is 2.78 bits per heavy atom. The monoisotopic (exact) mass is 376 g/mol. The number of nitrogens with zero attached hydrogens (tertiary/aromatic N) is 4. The first-order valence-electron chi connectivity index (χ1n) is 9.14. The zero-order valence-electron chi connectivity index (χ0n) is 15.4. The number of hydrogen-bond acceptors (Lipinski definition) is 3. The Labute approximate surface area is 163 Å². The summed E-state index contributed by atoms with van der Waals surface area (Å²) in [6.07, 6.45) is 8.55. The quantitative estimate of drug-likeness (QED) is 0.438. The molecule has 0 saturated heterocycles. The van der Waals surface area contributed by atoms with Gasteiger partial charge < -0.3 is 0 Å². The molecule has 1 aromatic carbocycles. The van der Waals surface area contributed by atoms with Crippen LogP contribution in [0.2, 0.25) is 5.02 Å². The normalized spacial score (nSPS) is 11.4. The number of rotatable bonds is 5. The van der Waals surface area contributed by atoms with Gasteiger partial charge in [-0.15, -0.1) is 0 Å². The fourth-order valence-corrected chi connectivity index (χ4v) is 3.41. The molecule has 0 aliphatic rings. The van der Waals surface area contributed by atoms with Gasteiger partial charge in [-0.05, 0) is 30.5 Å². The summed E-state index contributed by atoms with van der Waals surface area (Å²) in [7, 11) is 0. The Bertz CT molecular complexity index is 1080. The summed E-state index contributed by atoms with van der Waals surface area (Å²) in [6, 6.07) is 12.0. The van der Waals surface area contributed by atoms with Crippen molar-refractivity contribution in [1.82, 2.24) is 19.7 Å². The van der Waals surface area contributed by atoms with Crippen molar-refractivity contribution in [3.05, 3.63) is 66.2 Å². The van der Waals surface area contributed by atoms with E-state index >= 15 is 0 Å². The molecule has 0 aliphatic heterocycles. The van der Waals surface area contributed by atoms with Crippen LogP contribution in [0.15, 0.2) is 61.2 Å². The van der Waals surface area contributed by atoms with Crippen LogP contribution in [0.5, 0.6) is 0 Å². The van der Waals surface area contributed by atoms with Crippen molar-refractivity contribution in [2.24, 2.45) is 5.92 Å². The van der Waals surface area contributed by atoms with Gasteiger partial charge in [-0.2, -0.15) is 5.10 Å². The van der Waals surface area contributed by atoms with E-state index in [-0.39, 0.29) is 0 Å². The zero-order valence-corrected chi connectivity index (χ0v) is 16.2. The van der Waals surface area contributed by atoms with E-state index in [9.17, 15) is 0 Å². The molecule has 0 aliphatic carbocycles. The molecule has 3 aromatic heterocycles. The van der Waals surface area contributed by atoms with Gasteiger partial charge in [0, 0.05) is 47.2 Å². The molecule has 4 aromatic rings. The van der Waals surface area contributed by atoms with E-state index in [0.29, 0.717) is 10.9 Å². The lowest BCUT2D eigenvalue weighted by Crippen LogP contribution is -2.01. The van der Waals surface area contributed by atoms with Crippen LogP contribution in [-0.4, -0.2) is 19.7 Å². The van der Waals surface area contributed by atoms with E-state index in [1.807, 2.05) is 29.2 Å². The molecule has 0 N–H and O–H groups in total.